The highest BCUT2D eigenvalue weighted by Gasteiger charge is 2.27. The summed E-state index contributed by atoms with van der Waals surface area (Å²) in [5.41, 5.74) is 0.854. The van der Waals surface area contributed by atoms with Crippen LogP contribution in [0.25, 0.3) is 0 Å². The van der Waals surface area contributed by atoms with Crippen molar-refractivity contribution in [2.75, 3.05) is 26.8 Å². The van der Waals surface area contributed by atoms with E-state index in [0.29, 0.717) is 35.5 Å². The largest absolute Gasteiger partial charge is 0.411 e. The Morgan fingerprint density at radius 3 is 2.61 bits per heavy atom. The standard InChI is InChI=1S/C14H18Cl2F3N3O/c1-20-13(21-5-2-6-23-9-14(17,18)19)22-8-10-3-4-11(15)7-12(10)16/h3-4,7H,2,5-6,8-9H2,1H3,(H2,20,21,22). The molecule has 0 saturated heterocycles. The van der Waals surface area contributed by atoms with Crippen LogP contribution in [0.1, 0.15) is 12.0 Å². The fourth-order valence-corrected chi connectivity index (χ4v) is 2.11. The molecule has 0 heterocycles. The molecule has 0 spiro atoms. The first kappa shape index (κ1) is 19.9. The summed E-state index contributed by atoms with van der Waals surface area (Å²) >= 11 is 11.9. The van der Waals surface area contributed by atoms with Gasteiger partial charge in [0, 0.05) is 36.8 Å². The molecule has 0 unspecified atom stereocenters. The number of halogens is 5. The summed E-state index contributed by atoms with van der Waals surface area (Å²) in [6.45, 7) is -0.326. The molecule has 1 aromatic carbocycles. The Morgan fingerprint density at radius 1 is 1.26 bits per heavy atom. The Labute approximate surface area is 143 Å². The molecule has 0 aliphatic heterocycles. The minimum Gasteiger partial charge on any atom is -0.372 e. The summed E-state index contributed by atoms with van der Waals surface area (Å²) in [6.07, 6.45) is -3.86. The number of nitrogens with one attached hydrogen (secondary N) is 2. The van der Waals surface area contributed by atoms with Crippen LogP contribution in [0.4, 0.5) is 13.2 Å². The van der Waals surface area contributed by atoms with Crippen molar-refractivity contribution in [1.82, 2.24) is 10.6 Å². The van der Waals surface area contributed by atoms with Crippen molar-refractivity contribution in [2.45, 2.75) is 19.1 Å². The van der Waals surface area contributed by atoms with Crippen molar-refractivity contribution < 1.29 is 17.9 Å². The molecule has 130 valence electrons. The molecule has 0 atom stereocenters. The highest BCUT2D eigenvalue weighted by molar-refractivity contribution is 6.35. The maximum Gasteiger partial charge on any atom is 0.411 e. The monoisotopic (exact) mass is 371 g/mol. The van der Waals surface area contributed by atoms with E-state index in [1.165, 1.54) is 0 Å². The molecule has 0 aliphatic rings. The maximum atomic E-state index is 11.9. The van der Waals surface area contributed by atoms with Gasteiger partial charge in [0.25, 0.3) is 0 Å². The first-order chi connectivity index (χ1) is 10.8. The van der Waals surface area contributed by atoms with Crippen LogP contribution in [0.15, 0.2) is 23.2 Å². The second-order valence-corrected chi connectivity index (χ2v) is 5.45. The number of hydrogen-bond acceptors (Lipinski definition) is 2. The molecular weight excluding hydrogens is 354 g/mol. The molecular formula is C14H18Cl2F3N3O. The number of aliphatic imine (C=N–C) groups is 1. The zero-order chi connectivity index (χ0) is 17.3. The van der Waals surface area contributed by atoms with Crippen LogP contribution >= 0.6 is 23.2 Å². The molecule has 9 heteroatoms. The van der Waals surface area contributed by atoms with Gasteiger partial charge in [-0.15, -0.1) is 0 Å². The maximum absolute atomic E-state index is 11.9. The van der Waals surface area contributed by atoms with Gasteiger partial charge in [0.05, 0.1) is 0 Å². The molecule has 0 saturated carbocycles. The molecule has 0 amide bonds. The van der Waals surface area contributed by atoms with E-state index < -0.39 is 12.8 Å². The normalized spacial score (nSPS) is 12.3. The van der Waals surface area contributed by atoms with E-state index in [2.05, 4.69) is 20.4 Å². The van der Waals surface area contributed by atoms with Gasteiger partial charge in [-0.2, -0.15) is 13.2 Å². The lowest BCUT2D eigenvalue weighted by Gasteiger charge is -2.13. The van der Waals surface area contributed by atoms with Gasteiger partial charge >= 0.3 is 6.18 Å². The zero-order valence-electron chi connectivity index (χ0n) is 12.5. The Hall–Kier alpha value is -1.18. The molecule has 23 heavy (non-hydrogen) atoms. The lowest BCUT2D eigenvalue weighted by Crippen LogP contribution is -2.37. The molecule has 0 aromatic heterocycles. The van der Waals surface area contributed by atoms with Crippen molar-refractivity contribution in [3.05, 3.63) is 33.8 Å². The lowest BCUT2D eigenvalue weighted by atomic mass is 10.2. The van der Waals surface area contributed by atoms with E-state index in [-0.39, 0.29) is 6.61 Å². The van der Waals surface area contributed by atoms with Crippen molar-refractivity contribution in [1.29, 1.82) is 0 Å². The van der Waals surface area contributed by atoms with Gasteiger partial charge in [-0.05, 0) is 24.1 Å². The Morgan fingerprint density at radius 2 is 2.00 bits per heavy atom. The highest BCUT2D eigenvalue weighted by atomic mass is 35.5. The fourth-order valence-electron chi connectivity index (χ4n) is 1.63. The molecule has 1 rings (SSSR count). The molecule has 4 nitrogen and oxygen atoms in total. The van der Waals surface area contributed by atoms with E-state index in [4.69, 9.17) is 23.2 Å². The average Bonchev–Trinajstić information content (AvgIpc) is 2.46. The third-order valence-corrected chi connectivity index (χ3v) is 3.30. The number of alkyl halides is 3. The Kier molecular flexibility index (Phi) is 8.51. The molecule has 2 N–H and O–H groups in total. The molecule has 0 bridgehead atoms. The molecule has 0 aliphatic carbocycles. The van der Waals surface area contributed by atoms with Crippen LogP contribution in [-0.2, 0) is 11.3 Å². The van der Waals surface area contributed by atoms with Crippen LogP contribution < -0.4 is 10.6 Å². The fraction of sp³-hybridized carbons (Fsp3) is 0.500. The number of guanidine groups is 1. The zero-order valence-corrected chi connectivity index (χ0v) is 14.0. The minimum absolute atomic E-state index is 0.0204. The van der Waals surface area contributed by atoms with Gasteiger partial charge in [-0.3, -0.25) is 4.99 Å². The predicted octanol–water partition coefficient (Wildman–Crippen LogP) is 3.63. The van der Waals surface area contributed by atoms with Gasteiger partial charge in [0.15, 0.2) is 5.96 Å². The van der Waals surface area contributed by atoms with Gasteiger partial charge in [0.2, 0.25) is 0 Å². The number of nitrogens with zero attached hydrogens (tertiary/aromatic N) is 1. The first-order valence-electron chi connectivity index (χ1n) is 6.85. The predicted molar refractivity (Wildman–Crippen MR) is 86.2 cm³/mol. The highest BCUT2D eigenvalue weighted by Crippen LogP contribution is 2.20. The van der Waals surface area contributed by atoms with Crippen molar-refractivity contribution >= 4 is 29.2 Å². The summed E-state index contributed by atoms with van der Waals surface area (Å²) < 4.78 is 40.1. The van der Waals surface area contributed by atoms with Crippen molar-refractivity contribution in [3.63, 3.8) is 0 Å². The van der Waals surface area contributed by atoms with Gasteiger partial charge in [-0.25, -0.2) is 0 Å². The Bertz CT molecular complexity index is 524. The van der Waals surface area contributed by atoms with E-state index in [0.717, 1.165) is 5.56 Å². The second-order valence-electron chi connectivity index (χ2n) is 4.61. The SMILES string of the molecule is CN=C(NCCCOCC(F)(F)F)NCc1ccc(Cl)cc1Cl. The van der Waals surface area contributed by atoms with E-state index in [9.17, 15) is 13.2 Å². The summed E-state index contributed by atoms with van der Waals surface area (Å²) in [4.78, 5) is 4.01. The van der Waals surface area contributed by atoms with Gasteiger partial charge < -0.3 is 15.4 Å². The van der Waals surface area contributed by atoms with Crippen LogP contribution in [0.3, 0.4) is 0 Å². The smallest absolute Gasteiger partial charge is 0.372 e. The number of hydrogen-bond donors (Lipinski definition) is 2. The van der Waals surface area contributed by atoms with E-state index >= 15 is 0 Å². The quantitative estimate of drug-likeness (QED) is 0.437. The summed E-state index contributed by atoms with van der Waals surface area (Å²) in [5, 5.41) is 7.13. The topological polar surface area (TPSA) is 45.7 Å². The van der Waals surface area contributed by atoms with Crippen LogP contribution in [0.2, 0.25) is 10.0 Å². The lowest BCUT2D eigenvalue weighted by molar-refractivity contribution is -0.173. The van der Waals surface area contributed by atoms with Crippen LogP contribution in [-0.4, -0.2) is 38.9 Å². The third kappa shape index (κ3) is 8.88. The average molecular weight is 372 g/mol. The minimum atomic E-state index is -4.29. The first-order valence-corrected chi connectivity index (χ1v) is 7.60. The summed E-state index contributed by atoms with van der Waals surface area (Å²) in [7, 11) is 1.60. The van der Waals surface area contributed by atoms with Crippen LogP contribution in [0.5, 0.6) is 0 Å². The van der Waals surface area contributed by atoms with Gasteiger partial charge in [-0.1, -0.05) is 29.3 Å². The molecule has 0 radical (unpaired) electrons. The molecule has 0 fully saturated rings. The van der Waals surface area contributed by atoms with E-state index in [1.54, 1.807) is 25.2 Å². The van der Waals surface area contributed by atoms with Crippen molar-refractivity contribution in [2.24, 2.45) is 4.99 Å². The van der Waals surface area contributed by atoms with Crippen molar-refractivity contribution in [3.8, 4) is 0 Å². The number of benzene rings is 1. The van der Waals surface area contributed by atoms with Gasteiger partial charge in [0.1, 0.15) is 6.61 Å². The Balaban J connectivity index is 2.25. The van der Waals surface area contributed by atoms with Crippen LogP contribution in [0, 0.1) is 0 Å². The molecule has 1 aromatic rings. The number of rotatable bonds is 7. The third-order valence-electron chi connectivity index (χ3n) is 2.71. The summed E-state index contributed by atoms with van der Waals surface area (Å²) in [6, 6.07) is 5.18. The second kappa shape index (κ2) is 9.85. The van der Waals surface area contributed by atoms with E-state index in [1.807, 2.05) is 0 Å². The number of ether oxygens (including phenoxy) is 1. The summed E-state index contributed by atoms with van der Waals surface area (Å²) in [5.74, 6) is 0.520.